The number of rotatable bonds is 6. The maximum atomic E-state index is 13.0. The summed E-state index contributed by atoms with van der Waals surface area (Å²) in [5.41, 5.74) is 4.78. The van der Waals surface area contributed by atoms with E-state index in [1.165, 1.54) is 5.56 Å². The van der Waals surface area contributed by atoms with Gasteiger partial charge in [-0.1, -0.05) is 6.07 Å². The van der Waals surface area contributed by atoms with Crippen LogP contribution in [0.15, 0.2) is 42.6 Å². The Bertz CT molecular complexity index is 1150. The Morgan fingerprint density at radius 2 is 2.11 bits per heavy atom. The molecule has 0 radical (unpaired) electrons. The highest BCUT2D eigenvalue weighted by Crippen LogP contribution is 2.24. The summed E-state index contributed by atoms with van der Waals surface area (Å²) < 4.78 is 1.94. The summed E-state index contributed by atoms with van der Waals surface area (Å²) in [6.45, 7) is 4.11. The van der Waals surface area contributed by atoms with Gasteiger partial charge in [0.15, 0.2) is 11.5 Å². The minimum atomic E-state index is -0.206. The fraction of sp³-hybridized carbons (Fsp3) is 0.286. The van der Waals surface area contributed by atoms with Crippen molar-refractivity contribution in [2.45, 2.75) is 26.3 Å². The molecule has 1 unspecified atom stereocenters. The Kier molecular flexibility index (Phi) is 5.09. The zero-order valence-electron chi connectivity index (χ0n) is 16.2. The van der Waals surface area contributed by atoms with Crippen molar-refractivity contribution in [2.75, 3.05) is 12.0 Å². The molecule has 1 amide bonds. The molecular weight excluding hydrogens is 370 g/mol. The SMILES string of the molecule is CSCCC(NC(=O)c1ccc2[nH]c(C)c(C)c2c1)c1nnc2ccccn12. The second kappa shape index (κ2) is 7.67. The number of aryl methyl sites for hydroxylation is 2. The van der Waals surface area contributed by atoms with Crippen LogP contribution in [0.4, 0.5) is 0 Å². The van der Waals surface area contributed by atoms with Gasteiger partial charge in [0.05, 0.1) is 6.04 Å². The fourth-order valence-corrected chi connectivity index (χ4v) is 3.91. The minimum Gasteiger partial charge on any atom is -0.358 e. The number of fused-ring (bicyclic) bond motifs is 2. The van der Waals surface area contributed by atoms with Crippen LogP contribution in [-0.2, 0) is 0 Å². The van der Waals surface area contributed by atoms with Gasteiger partial charge >= 0.3 is 0 Å². The maximum Gasteiger partial charge on any atom is 0.251 e. The van der Waals surface area contributed by atoms with Crippen LogP contribution in [0.5, 0.6) is 0 Å². The van der Waals surface area contributed by atoms with Crippen LogP contribution in [-0.4, -0.2) is 37.5 Å². The molecule has 4 rings (SSSR count). The van der Waals surface area contributed by atoms with Gasteiger partial charge in [-0.2, -0.15) is 11.8 Å². The topological polar surface area (TPSA) is 75.1 Å². The van der Waals surface area contributed by atoms with Gasteiger partial charge in [0.25, 0.3) is 5.91 Å². The Balaban J connectivity index is 1.65. The normalized spacial score (nSPS) is 12.5. The highest BCUT2D eigenvalue weighted by Gasteiger charge is 2.21. The van der Waals surface area contributed by atoms with E-state index in [4.69, 9.17) is 0 Å². The smallest absolute Gasteiger partial charge is 0.251 e. The largest absolute Gasteiger partial charge is 0.358 e. The zero-order chi connectivity index (χ0) is 19.7. The predicted octanol–water partition coefficient (Wildman–Crippen LogP) is 4.05. The number of carbonyl (C=O) groups excluding carboxylic acids is 1. The Morgan fingerprint density at radius 3 is 2.93 bits per heavy atom. The Hall–Kier alpha value is -2.80. The average Bonchev–Trinajstić information content (AvgIpc) is 3.26. The Labute approximate surface area is 167 Å². The van der Waals surface area contributed by atoms with E-state index >= 15 is 0 Å². The number of nitrogens with zero attached hydrogens (tertiary/aromatic N) is 3. The molecule has 0 saturated carbocycles. The lowest BCUT2D eigenvalue weighted by Crippen LogP contribution is -2.30. The molecule has 3 aromatic heterocycles. The number of nitrogens with one attached hydrogen (secondary N) is 2. The van der Waals surface area contributed by atoms with Gasteiger partial charge in [0.1, 0.15) is 0 Å². The van der Waals surface area contributed by atoms with Crippen molar-refractivity contribution in [1.29, 1.82) is 0 Å². The number of hydrogen-bond donors (Lipinski definition) is 2. The first-order valence-corrected chi connectivity index (χ1v) is 10.7. The van der Waals surface area contributed by atoms with E-state index < -0.39 is 0 Å². The highest BCUT2D eigenvalue weighted by atomic mass is 32.2. The van der Waals surface area contributed by atoms with Crippen LogP contribution in [0, 0.1) is 13.8 Å². The number of thioether (sulfide) groups is 1. The van der Waals surface area contributed by atoms with Crippen molar-refractivity contribution in [3.63, 3.8) is 0 Å². The maximum absolute atomic E-state index is 13.0. The molecule has 0 aliphatic rings. The van der Waals surface area contributed by atoms with Gasteiger partial charge in [0.2, 0.25) is 0 Å². The van der Waals surface area contributed by atoms with Crippen molar-refractivity contribution in [1.82, 2.24) is 24.9 Å². The molecule has 0 saturated heterocycles. The molecule has 7 heteroatoms. The van der Waals surface area contributed by atoms with E-state index in [1.807, 2.05) is 53.9 Å². The number of aromatic amines is 1. The molecule has 144 valence electrons. The molecule has 3 heterocycles. The van der Waals surface area contributed by atoms with E-state index in [0.717, 1.165) is 40.2 Å². The number of pyridine rings is 1. The Morgan fingerprint density at radius 1 is 1.25 bits per heavy atom. The van der Waals surface area contributed by atoms with Crippen LogP contribution in [0.1, 0.15) is 39.9 Å². The summed E-state index contributed by atoms with van der Waals surface area (Å²) >= 11 is 1.75. The summed E-state index contributed by atoms with van der Waals surface area (Å²) in [5, 5.41) is 12.8. The minimum absolute atomic E-state index is 0.0982. The summed E-state index contributed by atoms with van der Waals surface area (Å²) in [5.74, 6) is 1.58. The number of hydrogen-bond acceptors (Lipinski definition) is 4. The van der Waals surface area contributed by atoms with Gasteiger partial charge in [0, 0.05) is 28.4 Å². The number of amides is 1. The van der Waals surface area contributed by atoms with Crippen LogP contribution >= 0.6 is 11.8 Å². The number of benzene rings is 1. The summed E-state index contributed by atoms with van der Waals surface area (Å²) in [4.78, 5) is 16.4. The molecule has 1 aromatic carbocycles. The van der Waals surface area contributed by atoms with Gasteiger partial charge in [-0.05, 0) is 68.2 Å². The summed E-state index contributed by atoms with van der Waals surface area (Å²) in [7, 11) is 0. The van der Waals surface area contributed by atoms with Crippen molar-refractivity contribution in [3.05, 3.63) is 65.2 Å². The van der Waals surface area contributed by atoms with Crippen molar-refractivity contribution >= 4 is 34.2 Å². The molecule has 0 fully saturated rings. The van der Waals surface area contributed by atoms with E-state index in [2.05, 4.69) is 33.7 Å². The van der Waals surface area contributed by atoms with Crippen molar-refractivity contribution < 1.29 is 4.79 Å². The van der Waals surface area contributed by atoms with E-state index in [-0.39, 0.29) is 11.9 Å². The second-order valence-electron chi connectivity index (χ2n) is 6.93. The number of carbonyl (C=O) groups is 1. The third-order valence-corrected chi connectivity index (χ3v) is 5.78. The molecule has 0 bridgehead atoms. The van der Waals surface area contributed by atoms with E-state index in [0.29, 0.717) is 5.56 Å². The number of aromatic nitrogens is 4. The van der Waals surface area contributed by atoms with Gasteiger partial charge in [-0.15, -0.1) is 10.2 Å². The molecule has 28 heavy (non-hydrogen) atoms. The highest BCUT2D eigenvalue weighted by molar-refractivity contribution is 7.98. The first-order chi connectivity index (χ1) is 13.6. The third-order valence-electron chi connectivity index (χ3n) is 5.14. The van der Waals surface area contributed by atoms with E-state index in [1.54, 1.807) is 11.8 Å². The average molecular weight is 394 g/mol. The first kappa shape index (κ1) is 18.6. The molecular formula is C21H23N5OS. The van der Waals surface area contributed by atoms with Gasteiger partial charge in [-0.25, -0.2) is 0 Å². The fourth-order valence-electron chi connectivity index (χ4n) is 3.44. The van der Waals surface area contributed by atoms with Gasteiger partial charge < -0.3 is 10.3 Å². The van der Waals surface area contributed by atoms with Crippen molar-refractivity contribution in [2.24, 2.45) is 0 Å². The molecule has 4 aromatic rings. The molecule has 0 aliphatic heterocycles. The molecule has 6 nitrogen and oxygen atoms in total. The van der Waals surface area contributed by atoms with Crippen LogP contribution in [0.3, 0.4) is 0 Å². The third kappa shape index (κ3) is 3.38. The monoisotopic (exact) mass is 393 g/mol. The zero-order valence-corrected chi connectivity index (χ0v) is 17.0. The van der Waals surface area contributed by atoms with Crippen LogP contribution < -0.4 is 5.32 Å². The standard InChI is InChI=1S/C21H23N5OS/c1-13-14(2)22-17-8-7-15(12-16(13)17)21(27)23-18(9-11-28-3)20-25-24-19-6-4-5-10-26(19)20/h4-8,10,12,18,22H,9,11H2,1-3H3,(H,23,27). The summed E-state index contributed by atoms with van der Waals surface area (Å²) in [6.07, 6.45) is 4.78. The van der Waals surface area contributed by atoms with Crippen LogP contribution in [0.25, 0.3) is 16.6 Å². The lowest BCUT2D eigenvalue weighted by Gasteiger charge is -2.17. The second-order valence-corrected chi connectivity index (χ2v) is 7.92. The van der Waals surface area contributed by atoms with Crippen molar-refractivity contribution in [3.8, 4) is 0 Å². The molecule has 1 atom stereocenters. The lowest BCUT2D eigenvalue weighted by molar-refractivity contribution is 0.0934. The number of H-pyrrole nitrogens is 1. The van der Waals surface area contributed by atoms with E-state index in [9.17, 15) is 4.79 Å². The molecule has 2 N–H and O–H groups in total. The van der Waals surface area contributed by atoms with Crippen LogP contribution in [0.2, 0.25) is 0 Å². The van der Waals surface area contributed by atoms with Gasteiger partial charge in [-0.3, -0.25) is 9.20 Å². The molecule has 0 spiro atoms. The quantitative estimate of drug-likeness (QED) is 0.518. The first-order valence-electron chi connectivity index (χ1n) is 9.27. The lowest BCUT2D eigenvalue weighted by atomic mass is 10.1. The molecule has 0 aliphatic carbocycles. The summed E-state index contributed by atoms with van der Waals surface area (Å²) in [6, 6.07) is 11.4. The predicted molar refractivity (Wildman–Crippen MR) is 114 cm³/mol.